The molecule has 1 amide bonds. The highest BCUT2D eigenvalue weighted by molar-refractivity contribution is 8.00. The number of carbonyl (C=O) groups is 1. The maximum atomic E-state index is 12.5. The molecular formula is C15H16ClN3O2S. The largest absolute Gasteiger partial charge is 0.446 e. The number of rotatable bonds is 4. The minimum absolute atomic E-state index is 0.108. The third-order valence-electron chi connectivity index (χ3n) is 3.56. The molecule has 5 nitrogen and oxygen atoms in total. The van der Waals surface area contributed by atoms with Crippen LogP contribution in [0.3, 0.4) is 0 Å². The molecule has 1 unspecified atom stereocenters. The summed E-state index contributed by atoms with van der Waals surface area (Å²) in [4.78, 5) is 19.4. The van der Waals surface area contributed by atoms with Gasteiger partial charge < -0.3 is 15.1 Å². The predicted octanol–water partition coefficient (Wildman–Crippen LogP) is 2.79. The van der Waals surface area contributed by atoms with Crippen LogP contribution in [-0.2, 0) is 6.54 Å². The number of nitrogens with zero attached hydrogens (tertiary/aromatic N) is 2. The standard InChI is InChI=1S/C15H16ClN3O2S/c16-10-2-1-3-11(6-10)22-12-4-5-19(8-12)15(20)14-13(7-17)21-9-18-14/h1-3,6,9,12H,4-5,7-8,17H2. The van der Waals surface area contributed by atoms with Crippen molar-refractivity contribution in [2.75, 3.05) is 13.1 Å². The third-order valence-corrected chi connectivity index (χ3v) is 5.04. The van der Waals surface area contributed by atoms with Gasteiger partial charge in [0.15, 0.2) is 17.8 Å². The lowest BCUT2D eigenvalue weighted by molar-refractivity contribution is 0.0786. The number of benzene rings is 1. The highest BCUT2D eigenvalue weighted by Crippen LogP contribution is 2.31. The van der Waals surface area contributed by atoms with E-state index in [0.717, 1.165) is 16.3 Å². The molecule has 116 valence electrons. The van der Waals surface area contributed by atoms with Crippen LogP contribution in [0.25, 0.3) is 0 Å². The summed E-state index contributed by atoms with van der Waals surface area (Å²) >= 11 is 7.75. The highest BCUT2D eigenvalue weighted by atomic mass is 35.5. The molecule has 0 aliphatic carbocycles. The van der Waals surface area contributed by atoms with E-state index in [1.165, 1.54) is 6.39 Å². The second kappa shape index (κ2) is 6.73. The molecule has 0 radical (unpaired) electrons. The summed E-state index contributed by atoms with van der Waals surface area (Å²) < 4.78 is 5.13. The van der Waals surface area contributed by atoms with Gasteiger partial charge in [0.1, 0.15) is 0 Å². The Hall–Kier alpha value is -1.50. The monoisotopic (exact) mass is 337 g/mol. The van der Waals surface area contributed by atoms with E-state index in [1.54, 1.807) is 16.7 Å². The SMILES string of the molecule is NCc1ocnc1C(=O)N1CCC(Sc2cccc(Cl)c2)C1. The molecule has 0 bridgehead atoms. The third kappa shape index (κ3) is 3.29. The second-order valence-corrected chi connectivity index (χ2v) is 6.88. The van der Waals surface area contributed by atoms with Crippen molar-refractivity contribution in [3.8, 4) is 0 Å². The van der Waals surface area contributed by atoms with Crippen molar-refractivity contribution in [2.24, 2.45) is 5.73 Å². The number of carbonyl (C=O) groups excluding carboxylic acids is 1. The Morgan fingerprint density at radius 3 is 3.18 bits per heavy atom. The molecule has 0 saturated carbocycles. The Balaban J connectivity index is 1.63. The molecule has 1 atom stereocenters. The van der Waals surface area contributed by atoms with Gasteiger partial charge in [-0.25, -0.2) is 4.98 Å². The molecule has 1 saturated heterocycles. The van der Waals surface area contributed by atoms with Gasteiger partial charge in [-0.15, -0.1) is 11.8 Å². The van der Waals surface area contributed by atoms with Crippen LogP contribution in [0.15, 0.2) is 40.0 Å². The molecule has 3 rings (SSSR count). The fourth-order valence-corrected chi connectivity index (χ4v) is 3.95. The lowest BCUT2D eigenvalue weighted by atomic mass is 10.3. The molecule has 1 aromatic heterocycles. The van der Waals surface area contributed by atoms with Crippen LogP contribution in [0.4, 0.5) is 0 Å². The molecule has 7 heteroatoms. The lowest BCUT2D eigenvalue weighted by Gasteiger charge is -2.15. The summed E-state index contributed by atoms with van der Waals surface area (Å²) in [5, 5.41) is 1.08. The number of oxazole rings is 1. The van der Waals surface area contributed by atoms with Crippen molar-refractivity contribution in [3.05, 3.63) is 47.1 Å². The zero-order valence-corrected chi connectivity index (χ0v) is 13.4. The van der Waals surface area contributed by atoms with Gasteiger partial charge in [-0.3, -0.25) is 4.79 Å². The first kappa shape index (κ1) is 15.4. The molecule has 0 spiro atoms. The van der Waals surface area contributed by atoms with Gasteiger partial charge in [0.2, 0.25) is 0 Å². The number of aromatic nitrogens is 1. The molecule has 1 fully saturated rings. The number of halogens is 1. The molecule has 1 aromatic carbocycles. The molecule has 22 heavy (non-hydrogen) atoms. The maximum Gasteiger partial charge on any atom is 0.276 e. The van der Waals surface area contributed by atoms with Gasteiger partial charge >= 0.3 is 0 Å². The summed E-state index contributed by atoms with van der Waals surface area (Å²) in [6, 6.07) is 7.77. The Bertz CT molecular complexity index is 676. The van der Waals surface area contributed by atoms with E-state index >= 15 is 0 Å². The van der Waals surface area contributed by atoms with Crippen molar-refractivity contribution in [1.82, 2.24) is 9.88 Å². The first-order chi connectivity index (χ1) is 10.7. The smallest absolute Gasteiger partial charge is 0.276 e. The van der Waals surface area contributed by atoms with Crippen LogP contribution in [-0.4, -0.2) is 34.1 Å². The van der Waals surface area contributed by atoms with Crippen molar-refractivity contribution < 1.29 is 9.21 Å². The van der Waals surface area contributed by atoms with Crippen molar-refractivity contribution in [3.63, 3.8) is 0 Å². The van der Waals surface area contributed by atoms with Gasteiger partial charge in [0.25, 0.3) is 5.91 Å². The summed E-state index contributed by atoms with van der Waals surface area (Å²) in [6.07, 6.45) is 2.21. The Kier molecular flexibility index (Phi) is 4.71. The lowest BCUT2D eigenvalue weighted by Crippen LogP contribution is -2.30. The molecule has 1 aliphatic rings. The van der Waals surface area contributed by atoms with Gasteiger partial charge in [-0.2, -0.15) is 0 Å². The topological polar surface area (TPSA) is 72.4 Å². The van der Waals surface area contributed by atoms with Gasteiger partial charge in [0.05, 0.1) is 6.54 Å². The summed E-state index contributed by atoms with van der Waals surface area (Å²) in [7, 11) is 0. The molecule has 2 heterocycles. The minimum atomic E-state index is -0.108. The first-order valence-corrected chi connectivity index (χ1v) is 8.27. The average molecular weight is 338 g/mol. The predicted molar refractivity (Wildman–Crippen MR) is 86.0 cm³/mol. The number of hydrogen-bond donors (Lipinski definition) is 1. The Morgan fingerprint density at radius 2 is 2.41 bits per heavy atom. The molecule has 2 aromatic rings. The molecule has 1 aliphatic heterocycles. The average Bonchev–Trinajstić information content (AvgIpc) is 3.15. The van der Waals surface area contributed by atoms with Gasteiger partial charge in [-0.1, -0.05) is 17.7 Å². The Labute approximate surface area is 137 Å². The van der Waals surface area contributed by atoms with E-state index in [0.29, 0.717) is 29.8 Å². The van der Waals surface area contributed by atoms with E-state index in [9.17, 15) is 4.79 Å². The van der Waals surface area contributed by atoms with Crippen molar-refractivity contribution in [1.29, 1.82) is 0 Å². The fraction of sp³-hybridized carbons (Fsp3) is 0.333. The summed E-state index contributed by atoms with van der Waals surface area (Å²) in [6.45, 7) is 1.58. The van der Waals surface area contributed by atoms with Gasteiger partial charge in [-0.05, 0) is 24.6 Å². The molecule has 2 N–H and O–H groups in total. The first-order valence-electron chi connectivity index (χ1n) is 7.01. The number of amides is 1. The van der Waals surface area contributed by atoms with E-state index in [4.69, 9.17) is 21.8 Å². The van der Waals surface area contributed by atoms with Crippen LogP contribution in [0.2, 0.25) is 5.02 Å². The van der Waals surface area contributed by atoms with Crippen molar-refractivity contribution >= 4 is 29.3 Å². The van der Waals surface area contributed by atoms with Crippen LogP contribution in [0, 0.1) is 0 Å². The van der Waals surface area contributed by atoms with E-state index < -0.39 is 0 Å². The van der Waals surface area contributed by atoms with Crippen LogP contribution >= 0.6 is 23.4 Å². The highest BCUT2D eigenvalue weighted by Gasteiger charge is 2.30. The van der Waals surface area contributed by atoms with Crippen LogP contribution in [0.1, 0.15) is 22.7 Å². The summed E-state index contributed by atoms with van der Waals surface area (Å²) in [5.74, 6) is 0.333. The van der Waals surface area contributed by atoms with Crippen LogP contribution < -0.4 is 5.73 Å². The quantitative estimate of drug-likeness (QED) is 0.928. The van der Waals surface area contributed by atoms with Crippen LogP contribution in [0.5, 0.6) is 0 Å². The van der Waals surface area contributed by atoms with Crippen molar-refractivity contribution in [2.45, 2.75) is 23.1 Å². The zero-order chi connectivity index (χ0) is 15.5. The van der Waals surface area contributed by atoms with E-state index in [1.807, 2.05) is 24.3 Å². The maximum absolute atomic E-state index is 12.5. The normalized spacial score (nSPS) is 17.9. The number of likely N-dealkylation sites (tertiary alicyclic amines) is 1. The van der Waals surface area contributed by atoms with Gasteiger partial charge in [0, 0.05) is 28.3 Å². The Morgan fingerprint density at radius 1 is 1.55 bits per heavy atom. The number of hydrogen-bond acceptors (Lipinski definition) is 5. The molecular weight excluding hydrogens is 322 g/mol. The second-order valence-electron chi connectivity index (χ2n) is 5.07. The van der Waals surface area contributed by atoms with E-state index in [2.05, 4.69) is 4.98 Å². The summed E-state index contributed by atoms with van der Waals surface area (Å²) in [5.41, 5.74) is 5.88. The zero-order valence-electron chi connectivity index (χ0n) is 11.9. The number of thioether (sulfide) groups is 1. The minimum Gasteiger partial charge on any atom is -0.446 e. The fourth-order valence-electron chi connectivity index (χ4n) is 2.48. The van der Waals surface area contributed by atoms with E-state index in [-0.39, 0.29) is 12.5 Å². The number of nitrogens with two attached hydrogens (primary N) is 1.